The summed E-state index contributed by atoms with van der Waals surface area (Å²) in [6.07, 6.45) is 4.38. The van der Waals surface area contributed by atoms with E-state index in [1.165, 1.54) is 36.8 Å². The molecule has 0 aliphatic carbocycles. The number of rotatable bonds is 0. The van der Waals surface area contributed by atoms with Crippen molar-refractivity contribution < 1.29 is 4.48 Å². The van der Waals surface area contributed by atoms with Crippen LogP contribution in [-0.4, -0.2) is 29.7 Å². The molecule has 2 aliphatic rings. The normalized spacial score (nSPS) is 47.1. The first kappa shape index (κ1) is 10.5. The molecule has 4 atom stereocenters. The van der Waals surface area contributed by atoms with Crippen molar-refractivity contribution in [2.45, 2.75) is 59.0 Å². The lowest BCUT2D eigenvalue weighted by Crippen LogP contribution is -2.64. The van der Waals surface area contributed by atoms with E-state index in [1.807, 2.05) is 0 Å². The maximum atomic E-state index is 2.50. The van der Waals surface area contributed by atoms with Crippen molar-refractivity contribution in [3.63, 3.8) is 0 Å². The van der Waals surface area contributed by atoms with E-state index in [9.17, 15) is 0 Å². The van der Waals surface area contributed by atoms with Crippen molar-refractivity contribution in [2.75, 3.05) is 13.1 Å². The summed E-state index contributed by atoms with van der Waals surface area (Å²) in [7, 11) is 0. The molecule has 0 radical (unpaired) electrons. The average Bonchev–Trinajstić information content (AvgIpc) is 2.63. The minimum atomic E-state index is 0.906. The summed E-state index contributed by atoms with van der Waals surface area (Å²) in [5.74, 6) is 1.86. The standard InChI is InChI=1S/C13H26N/c1-10-9-11(2)13(4)14(12(10)3)7-5-6-8-14/h10-13H,5-9H2,1-4H3/q+1. The van der Waals surface area contributed by atoms with Gasteiger partial charge in [-0.25, -0.2) is 0 Å². The molecule has 1 nitrogen and oxygen atoms in total. The summed E-state index contributed by atoms with van der Waals surface area (Å²) in [5, 5.41) is 0. The minimum absolute atomic E-state index is 0.906. The zero-order chi connectivity index (χ0) is 10.3. The van der Waals surface area contributed by atoms with Gasteiger partial charge in [0.2, 0.25) is 0 Å². The van der Waals surface area contributed by atoms with Gasteiger partial charge in [0, 0.05) is 24.7 Å². The minimum Gasteiger partial charge on any atom is -0.319 e. The van der Waals surface area contributed by atoms with Crippen LogP contribution in [0.3, 0.4) is 0 Å². The van der Waals surface area contributed by atoms with Gasteiger partial charge in [-0.3, -0.25) is 0 Å². The monoisotopic (exact) mass is 196 g/mol. The third kappa shape index (κ3) is 1.32. The third-order valence-corrected chi connectivity index (χ3v) is 5.41. The van der Waals surface area contributed by atoms with Gasteiger partial charge in [-0.15, -0.1) is 0 Å². The summed E-state index contributed by atoms with van der Waals surface area (Å²) in [4.78, 5) is 0. The maximum absolute atomic E-state index is 2.50. The summed E-state index contributed by atoms with van der Waals surface area (Å²) in [5.41, 5.74) is 0. The van der Waals surface area contributed by atoms with Gasteiger partial charge in [-0.1, -0.05) is 13.8 Å². The van der Waals surface area contributed by atoms with Crippen LogP contribution in [0.15, 0.2) is 0 Å². The van der Waals surface area contributed by atoms with Gasteiger partial charge in [0.05, 0.1) is 25.2 Å². The largest absolute Gasteiger partial charge is 0.319 e. The second kappa shape index (κ2) is 3.52. The third-order valence-electron chi connectivity index (χ3n) is 5.41. The zero-order valence-corrected chi connectivity index (χ0v) is 10.3. The van der Waals surface area contributed by atoms with Crippen LogP contribution >= 0.6 is 0 Å². The van der Waals surface area contributed by atoms with Gasteiger partial charge in [0.15, 0.2) is 0 Å². The molecule has 2 saturated heterocycles. The van der Waals surface area contributed by atoms with E-state index in [2.05, 4.69) is 27.7 Å². The Balaban J connectivity index is 2.25. The Kier molecular flexibility index (Phi) is 2.63. The van der Waals surface area contributed by atoms with Crippen molar-refractivity contribution in [1.29, 1.82) is 0 Å². The molecular formula is C13H26N+. The molecule has 1 spiro atoms. The summed E-state index contributed by atoms with van der Waals surface area (Å²) < 4.78 is 1.45. The van der Waals surface area contributed by atoms with Crippen molar-refractivity contribution in [3.05, 3.63) is 0 Å². The molecule has 14 heavy (non-hydrogen) atoms. The average molecular weight is 196 g/mol. The van der Waals surface area contributed by atoms with Crippen molar-refractivity contribution in [3.8, 4) is 0 Å². The van der Waals surface area contributed by atoms with Gasteiger partial charge < -0.3 is 4.48 Å². The van der Waals surface area contributed by atoms with Crippen LogP contribution < -0.4 is 0 Å². The Bertz CT molecular complexity index is 189. The van der Waals surface area contributed by atoms with Crippen LogP contribution in [0.2, 0.25) is 0 Å². The van der Waals surface area contributed by atoms with Gasteiger partial charge in [0.1, 0.15) is 0 Å². The smallest absolute Gasteiger partial charge is 0.0889 e. The molecule has 0 N–H and O–H groups in total. The first-order valence-corrected chi connectivity index (χ1v) is 6.44. The van der Waals surface area contributed by atoms with Crippen LogP contribution in [0, 0.1) is 11.8 Å². The SMILES string of the molecule is CC1CC(C)C(C)[N+]2(CCCC2)C1C. The highest BCUT2D eigenvalue weighted by atomic mass is 15.4. The Morgan fingerprint density at radius 3 is 1.64 bits per heavy atom. The molecule has 2 aliphatic heterocycles. The molecule has 82 valence electrons. The van der Waals surface area contributed by atoms with Gasteiger partial charge >= 0.3 is 0 Å². The molecule has 4 unspecified atom stereocenters. The predicted molar refractivity (Wildman–Crippen MR) is 61.1 cm³/mol. The molecular weight excluding hydrogens is 170 g/mol. The highest BCUT2D eigenvalue weighted by molar-refractivity contribution is 4.80. The van der Waals surface area contributed by atoms with Crippen LogP contribution in [0.4, 0.5) is 0 Å². The molecule has 0 aromatic rings. The van der Waals surface area contributed by atoms with Crippen molar-refractivity contribution >= 4 is 0 Å². The van der Waals surface area contributed by atoms with Gasteiger partial charge in [-0.05, 0) is 20.3 Å². The molecule has 1 heteroatoms. The number of quaternary nitrogens is 1. The van der Waals surface area contributed by atoms with Gasteiger partial charge in [0.25, 0.3) is 0 Å². The van der Waals surface area contributed by atoms with E-state index in [0.29, 0.717) is 0 Å². The fraction of sp³-hybridized carbons (Fsp3) is 1.00. The molecule has 2 fully saturated rings. The topological polar surface area (TPSA) is 0 Å². The van der Waals surface area contributed by atoms with Crippen LogP contribution in [0.5, 0.6) is 0 Å². The first-order chi connectivity index (χ1) is 6.58. The summed E-state index contributed by atoms with van der Waals surface area (Å²) in [6, 6.07) is 1.81. The fourth-order valence-corrected chi connectivity index (χ4v) is 4.10. The highest BCUT2D eigenvalue weighted by Gasteiger charge is 2.49. The van der Waals surface area contributed by atoms with E-state index in [1.54, 1.807) is 0 Å². The van der Waals surface area contributed by atoms with Crippen molar-refractivity contribution in [1.82, 2.24) is 0 Å². The zero-order valence-electron chi connectivity index (χ0n) is 10.3. The Morgan fingerprint density at radius 2 is 1.21 bits per heavy atom. The molecule has 0 aromatic heterocycles. The molecule has 0 aromatic carbocycles. The number of hydrogen-bond donors (Lipinski definition) is 0. The van der Waals surface area contributed by atoms with E-state index in [0.717, 1.165) is 23.9 Å². The molecule has 0 saturated carbocycles. The van der Waals surface area contributed by atoms with Gasteiger partial charge in [-0.2, -0.15) is 0 Å². The van der Waals surface area contributed by atoms with Crippen LogP contribution in [-0.2, 0) is 0 Å². The molecule has 0 amide bonds. The van der Waals surface area contributed by atoms with E-state index >= 15 is 0 Å². The van der Waals surface area contributed by atoms with E-state index in [-0.39, 0.29) is 0 Å². The lowest BCUT2D eigenvalue weighted by molar-refractivity contribution is -0.971. The van der Waals surface area contributed by atoms with Crippen LogP contribution in [0.1, 0.15) is 47.0 Å². The number of nitrogens with zero attached hydrogens (tertiary/aromatic N) is 1. The lowest BCUT2D eigenvalue weighted by atomic mass is 9.79. The predicted octanol–water partition coefficient (Wildman–Crippen LogP) is 3.05. The quantitative estimate of drug-likeness (QED) is 0.522. The second-order valence-corrected chi connectivity index (χ2v) is 5.93. The molecule has 0 bridgehead atoms. The fourth-order valence-electron chi connectivity index (χ4n) is 4.10. The summed E-state index contributed by atoms with van der Waals surface area (Å²) in [6.45, 7) is 12.8. The Labute approximate surface area is 89.1 Å². The summed E-state index contributed by atoms with van der Waals surface area (Å²) >= 11 is 0. The first-order valence-electron chi connectivity index (χ1n) is 6.44. The Hall–Kier alpha value is -0.0400. The van der Waals surface area contributed by atoms with Crippen molar-refractivity contribution in [2.24, 2.45) is 11.8 Å². The van der Waals surface area contributed by atoms with E-state index in [4.69, 9.17) is 0 Å². The lowest BCUT2D eigenvalue weighted by Gasteiger charge is -2.53. The molecule has 2 rings (SSSR count). The maximum Gasteiger partial charge on any atom is 0.0889 e. The Morgan fingerprint density at radius 1 is 0.786 bits per heavy atom. The molecule has 2 heterocycles. The van der Waals surface area contributed by atoms with E-state index < -0.39 is 0 Å². The number of hydrogen-bond acceptors (Lipinski definition) is 0. The highest BCUT2D eigenvalue weighted by Crippen LogP contribution is 2.41. The number of piperidine rings is 1. The van der Waals surface area contributed by atoms with Crippen LogP contribution in [0.25, 0.3) is 0 Å². The second-order valence-electron chi connectivity index (χ2n) is 5.93.